The summed E-state index contributed by atoms with van der Waals surface area (Å²) < 4.78 is 0. The van der Waals surface area contributed by atoms with E-state index in [1.807, 2.05) is 24.3 Å². The van der Waals surface area contributed by atoms with E-state index in [9.17, 15) is 4.79 Å². The van der Waals surface area contributed by atoms with Gasteiger partial charge in [-0.3, -0.25) is 0 Å². The van der Waals surface area contributed by atoms with Crippen molar-refractivity contribution in [2.45, 2.75) is 39.3 Å². The van der Waals surface area contributed by atoms with E-state index < -0.39 is 0 Å². The van der Waals surface area contributed by atoms with Crippen molar-refractivity contribution in [3.8, 4) is 0 Å². The van der Waals surface area contributed by atoms with Crippen LogP contribution in [0.3, 0.4) is 0 Å². The summed E-state index contributed by atoms with van der Waals surface area (Å²) in [5.41, 5.74) is 7.35. The van der Waals surface area contributed by atoms with Gasteiger partial charge in [-0.1, -0.05) is 12.1 Å². The highest BCUT2D eigenvalue weighted by Gasteiger charge is 2.03. The van der Waals surface area contributed by atoms with Gasteiger partial charge in [0.1, 0.15) is 0 Å². The maximum atomic E-state index is 11.8. The minimum atomic E-state index is -0.165. The zero-order chi connectivity index (χ0) is 15.7. The van der Waals surface area contributed by atoms with Gasteiger partial charge in [-0.25, -0.2) is 4.79 Å². The monoisotopic (exact) mass is 292 g/mol. The number of anilines is 1. The summed E-state index contributed by atoms with van der Waals surface area (Å²) in [5.74, 6) is 0. The first kappa shape index (κ1) is 17.5. The molecule has 0 unspecified atom stereocenters. The Hall–Kier alpha value is -1.59. The Morgan fingerprint density at radius 3 is 2.76 bits per heavy atom. The number of hydrogen-bond acceptors (Lipinski definition) is 3. The fourth-order valence-corrected chi connectivity index (χ4v) is 1.90. The fraction of sp³-hybridized carbons (Fsp3) is 0.562. The van der Waals surface area contributed by atoms with Crippen LogP contribution in [-0.2, 0) is 6.54 Å². The SMILES string of the molecule is CC(C)N(C)CCCCNC(=O)Nc1cccc(CN)c1. The molecule has 0 heterocycles. The van der Waals surface area contributed by atoms with Crippen LogP contribution in [0.4, 0.5) is 10.5 Å². The lowest BCUT2D eigenvalue weighted by Crippen LogP contribution is -2.31. The highest BCUT2D eigenvalue weighted by atomic mass is 16.2. The molecule has 4 N–H and O–H groups in total. The topological polar surface area (TPSA) is 70.4 Å². The van der Waals surface area contributed by atoms with E-state index in [1.54, 1.807) is 0 Å². The number of nitrogens with one attached hydrogen (secondary N) is 2. The van der Waals surface area contributed by atoms with Crippen LogP contribution in [0.25, 0.3) is 0 Å². The van der Waals surface area contributed by atoms with Gasteiger partial charge >= 0.3 is 6.03 Å². The standard InChI is InChI=1S/C16H28N4O/c1-13(2)20(3)10-5-4-9-18-16(21)19-15-8-6-7-14(11-15)12-17/h6-8,11,13H,4-5,9-10,12,17H2,1-3H3,(H2,18,19,21). The molecule has 118 valence electrons. The smallest absolute Gasteiger partial charge is 0.319 e. The molecule has 1 aromatic carbocycles. The van der Waals surface area contributed by atoms with Gasteiger partial charge in [-0.05, 0) is 58.0 Å². The molecule has 5 nitrogen and oxygen atoms in total. The normalized spacial score (nSPS) is 11.0. The highest BCUT2D eigenvalue weighted by molar-refractivity contribution is 5.89. The number of unbranched alkanes of at least 4 members (excludes halogenated alkanes) is 1. The minimum absolute atomic E-state index is 0.165. The van der Waals surface area contributed by atoms with Gasteiger partial charge in [-0.2, -0.15) is 0 Å². The summed E-state index contributed by atoms with van der Waals surface area (Å²) in [6.07, 6.45) is 2.06. The Labute approximate surface area is 127 Å². The lowest BCUT2D eigenvalue weighted by Gasteiger charge is -2.20. The van der Waals surface area contributed by atoms with E-state index in [1.165, 1.54) is 0 Å². The average molecular weight is 292 g/mol. The average Bonchev–Trinajstić information content (AvgIpc) is 2.46. The number of urea groups is 1. The maximum Gasteiger partial charge on any atom is 0.319 e. The second kappa shape index (κ2) is 9.37. The van der Waals surface area contributed by atoms with Crippen molar-refractivity contribution in [2.75, 3.05) is 25.5 Å². The van der Waals surface area contributed by atoms with Crippen LogP contribution < -0.4 is 16.4 Å². The van der Waals surface area contributed by atoms with Gasteiger partial charge in [0, 0.05) is 24.8 Å². The van der Waals surface area contributed by atoms with Crippen molar-refractivity contribution < 1.29 is 4.79 Å². The third-order valence-electron chi connectivity index (χ3n) is 3.53. The van der Waals surface area contributed by atoms with Gasteiger partial charge in [0.2, 0.25) is 0 Å². The van der Waals surface area contributed by atoms with Crippen LogP contribution in [0.15, 0.2) is 24.3 Å². The Morgan fingerprint density at radius 1 is 1.33 bits per heavy atom. The van der Waals surface area contributed by atoms with Crippen molar-refractivity contribution in [3.05, 3.63) is 29.8 Å². The number of carbonyl (C=O) groups excluding carboxylic acids is 1. The summed E-state index contributed by atoms with van der Waals surface area (Å²) in [6, 6.07) is 7.97. The van der Waals surface area contributed by atoms with Crippen molar-refractivity contribution >= 4 is 11.7 Å². The largest absolute Gasteiger partial charge is 0.338 e. The fourth-order valence-electron chi connectivity index (χ4n) is 1.90. The molecule has 0 atom stereocenters. The van der Waals surface area contributed by atoms with Crippen LogP contribution >= 0.6 is 0 Å². The van der Waals surface area contributed by atoms with Crippen LogP contribution in [-0.4, -0.2) is 37.1 Å². The first-order chi connectivity index (χ1) is 10.0. The molecule has 1 rings (SSSR count). The number of nitrogens with two attached hydrogens (primary N) is 1. The first-order valence-electron chi connectivity index (χ1n) is 7.57. The second-order valence-corrected chi connectivity index (χ2v) is 5.57. The first-order valence-corrected chi connectivity index (χ1v) is 7.57. The third-order valence-corrected chi connectivity index (χ3v) is 3.53. The molecule has 0 saturated heterocycles. The molecule has 0 aliphatic rings. The molecule has 1 aromatic rings. The van der Waals surface area contributed by atoms with Crippen molar-refractivity contribution in [1.29, 1.82) is 0 Å². The quantitative estimate of drug-likeness (QED) is 0.644. The number of hydrogen-bond donors (Lipinski definition) is 3. The number of carbonyl (C=O) groups is 1. The van der Waals surface area contributed by atoms with E-state index in [4.69, 9.17) is 5.73 Å². The molecule has 21 heavy (non-hydrogen) atoms. The summed E-state index contributed by atoms with van der Waals surface area (Å²) in [7, 11) is 2.12. The van der Waals surface area contributed by atoms with Gasteiger partial charge in [0.05, 0.1) is 0 Å². The zero-order valence-electron chi connectivity index (χ0n) is 13.4. The molecule has 0 radical (unpaired) electrons. The van der Waals surface area contributed by atoms with Crippen LogP contribution in [0.1, 0.15) is 32.3 Å². The lowest BCUT2D eigenvalue weighted by atomic mass is 10.2. The van der Waals surface area contributed by atoms with E-state index in [2.05, 4.69) is 36.4 Å². The predicted molar refractivity (Wildman–Crippen MR) is 88.4 cm³/mol. The predicted octanol–water partition coefficient (Wildman–Crippen LogP) is 2.39. The molecule has 0 saturated carbocycles. The van der Waals surface area contributed by atoms with E-state index in [-0.39, 0.29) is 6.03 Å². The molecule has 0 aromatic heterocycles. The molecule has 0 aliphatic carbocycles. The number of nitrogens with zero attached hydrogens (tertiary/aromatic N) is 1. The maximum absolute atomic E-state index is 11.8. The van der Waals surface area contributed by atoms with E-state index in [0.29, 0.717) is 19.1 Å². The second-order valence-electron chi connectivity index (χ2n) is 5.57. The highest BCUT2D eigenvalue weighted by Crippen LogP contribution is 2.09. The molecule has 0 spiro atoms. The van der Waals surface area contributed by atoms with Crippen molar-refractivity contribution in [1.82, 2.24) is 10.2 Å². The molecule has 2 amide bonds. The summed E-state index contributed by atoms with van der Waals surface area (Å²) in [6.45, 7) is 6.58. The third kappa shape index (κ3) is 7.11. The van der Waals surface area contributed by atoms with Crippen molar-refractivity contribution in [2.24, 2.45) is 5.73 Å². The Kier molecular flexibility index (Phi) is 7.79. The zero-order valence-corrected chi connectivity index (χ0v) is 13.4. The summed E-state index contributed by atoms with van der Waals surface area (Å²) in [4.78, 5) is 14.1. The van der Waals surface area contributed by atoms with Crippen LogP contribution in [0, 0.1) is 0 Å². The number of benzene rings is 1. The van der Waals surface area contributed by atoms with Gasteiger partial charge < -0.3 is 21.3 Å². The number of rotatable bonds is 8. The van der Waals surface area contributed by atoms with Crippen LogP contribution in [0.2, 0.25) is 0 Å². The van der Waals surface area contributed by atoms with Crippen molar-refractivity contribution in [3.63, 3.8) is 0 Å². The molecule has 0 bridgehead atoms. The molecule has 5 heteroatoms. The lowest BCUT2D eigenvalue weighted by molar-refractivity contribution is 0.250. The molecular weight excluding hydrogens is 264 g/mol. The van der Waals surface area contributed by atoms with Crippen LogP contribution in [0.5, 0.6) is 0 Å². The summed E-state index contributed by atoms with van der Waals surface area (Å²) >= 11 is 0. The number of amides is 2. The van der Waals surface area contributed by atoms with Gasteiger partial charge in [0.15, 0.2) is 0 Å². The minimum Gasteiger partial charge on any atom is -0.338 e. The molecule has 0 fully saturated rings. The Bertz CT molecular complexity index is 434. The van der Waals surface area contributed by atoms with Gasteiger partial charge in [-0.15, -0.1) is 0 Å². The Balaban J connectivity index is 2.19. The van der Waals surface area contributed by atoms with E-state index in [0.717, 1.165) is 30.6 Å². The van der Waals surface area contributed by atoms with E-state index >= 15 is 0 Å². The van der Waals surface area contributed by atoms with Gasteiger partial charge in [0.25, 0.3) is 0 Å². The molecular formula is C16H28N4O. The Morgan fingerprint density at radius 2 is 2.10 bits per heavy atom. The molecule has 0 aliphatic heterocycles. The summed E-state index contributed by atoms with van der Waals surface area (Å²) in [5, 5.41) is 5.69.